The number of nitrogens with zero attached hydrogens (tertiary/aromatic N) is 1. The smallest absolute Gasteiger partial charge is 0.307 e. The molecule has 0 spiro atoms. The van der Waals surface area contributed by atoms with Crippen LogP contribution in [0.15, 0.2) is 70.2 Å². The van der Waals surface area contributed by atoms with Crippen LogP contribution in [0.5, 0.6) is 17.2 Å². The van der Waals surface area contributed by atoms with Gasteiger partial charge in [-0.3, -0.25) is 4.79 Å². The number of phenolic OH excluding ortho intramolecular Hbond substituents is 2. The van der Waals surface area contributed by atoms with Crippen LogP contribution in [0.4, 0.5) is 0 Å². The summed E-state index contributed by atoms with van der Waals surface area (Å²) in [5.41, 5.74) is 3.14. The van der Waals surface area contributed by atoms with E-state index in [1.54, 1.807) is 13.0 Å². The summed E-state index contributed by atoms with van der Waals surface area (Å²) in [6, 6.07) is 16.6. The number of rotatable bonds is 6. The Labute approximate surface area is 155 Å². The molecule has 1 amide bonds. The summed E-state index contributed by atoms with van der Waals surface area (Å²) in [4.78, 5) is 12.2. The van der Waals surface area contributed by atoms with Crippen molar-refractivity contribution in [2.24, 2.45) is 5.10 Å². The van der Waals surface area contributed by atoms with Gasteiger partial charge in [0.05, 0.1) is 5.71 Å². The van der Waals surface area contributed by atoms with Crippen molar-refractivity contribution < 1.29 is 24.2 Å². The molecule has 0 aliphatic carbocycles. The third kappa shape index (κ3) is 4.66. The van der Waals surface area contributed by atoms with E-state index in [-0.39, 0.29) is 23.9 Å². The molecule has 3 rings (SSSR count). The van der Waals surface area contributed by atoms with E-state index in [1.807, 2.05) is 30.3 Å². The van der Waals surface area contributed by atoms with Crippen LogP contribution < -0.4 is 10.2 Å². The molecular weight excluding hydrogens is 348 g/mol. The first-order valence-electron chi connectivity index (χ1n) is 8.16. The Balaban J connectivity index is 1.60. The van der Waals surface area contributed by atoms with Crippen molar-refractivity contribution >= 4 is 11.6 Å². The van der Waals surface area contributed by atoms with E-state index in [1.165, 1.54) is 24.3 Å². The Morgan fingerprint density at radius 2 is 1.89 bits per heavy atom. The maximum Gasteiger partial charge on any atom is 0.307 e. The summed E-state index contributed by atoms with van der Waals surface area (Å²) in [5, 5.41) is 23.1. The van der Waals surface area contributed by atoms with Gasteiger partial charge in [0, 0.05) is 11.6 Å². The molecule has 138 valence electrons. The largest absolute Gasteiger partial charge is 0.508 e. The van der Waals surface area contributed by atoms with Crippen molar-refractivity contribution in [3.8, 4) is 17.2 Å². The summed E-state index contributed by atoms with van der Waals surface area (Å²) in [7, 11) is 0. The highest BCUT2D eigenvalue weighted by Gasteiger charge is 2.12. The third-order valence-corrected chi connectivity index (χ3v) is 3.71. The highest BCUT2D eigenvalue weighted by Crippen LogP contribution is 2.23. The minimum Gasteiger partial charge on any atom is -0.508 e. The quantitative estimate of drug-likeness (QED) is 0.458. The van der Waals surface area contributed by atoms with Crippen molar-refractivity contribution in [1.29, 1.82) is 0 Å². The van der Waals surface area contributed by atoms with Gasteiger partial charge >= 0.3 is 5.91 Å². The normalized spacial score (nSPS) is 11.2. The van der Waals surface area contributed by atoms with Crippen LogP contribution in [0.2, 0.25) is 0 Å². The van der Waals surface area contributed by atoms with Crippen molar-refractivity contribution in [1.82, 2.24) is 5.43 Å². The Bertz CT molecular complexity index is 964. The molecule has 2 aromatic carbocycles. The van der Waals surface area contributed by atoms with E-state index in [9.17, 15) is 15.0 Å². The number of amides is 1. The summed E-state index contributed by atoms with van der Waals surface area (Å²) in [6.07, 6.45) is 0. The zero-order chi connectivity index (χ0) is 19.2. The van der Waals surface area contributed by atoms with Gasteiger partial charge in [0.1, 0.15) is 29.6 Å². The van der Waals surface area contributed by atoms with Gasteiger partial charge in [-0.1, -0.05) is 18.2 Å². The first kappa shape index (κ1) is 18.1. The lowest BCUT2D eigenvalue weighted by Crippen LogP contribution is -2.18. The minimum absolute atomic E-state index is 0.0612. The maximum atomic E-state index is 12.2. The molecule has 0 unspecified atom stereocenters. The van der Waals surface area contributed by atoms with Crippen LogP contribution in [0.25, 0.3) is 0 Å². The molecule has 1 aromatic heterocycles. The maximum absolute atomic E-state index is 12.2. The van der Waals surface area contributed by atoms with E-state index in [4.69, 9.17) is 9.15 Å². The highest BCUT2D eigenvalue weighted by atomic mass is 16.5. The highest BCUT2D eigenvalue weighted by molar-refractivity contribution is 6.02. The van der Waals surface area contributed by atoms with Crippen molar-refractivity contribution in [3.63, 3.8) is 0 Å². The predicted octanol–water partition coefficient (Wildman–Crippen LogP) is 3.42. The van der Waals surface area contributed by atoms with Crippen LogP contribution in [-0.4, -0.2) is 21.8 Å². The van der Waals surface area contributed by atoms with Crippen LogP contribution in [0, 0.1) is 0 Å². The van der Waals surface area contributed by atoms with Gasteiger partial charge in [-0.05, 0) is 43.3 Å². The molecule has 27 heavy (non-hydrogen) atoms. The number of nitrogens with one attached hydrogen (secondary N) is 1. The number of carbonyl (C=O) groups is 1. The van der Waals surface area contributed by atoms with Crippen LogP contribution >= 0.6 is 0 Å². The molecule has 0 atom stereocenters. The molecule has 7 heteroatoms. The second-order valence-electron chi connectivity index (χ2n) is 5.71. The lowest BCUT2D eigenvalue weighted by molar-refractivity contribution is 0.0923. The van der Waals surface area contributed by atoms with Crippen LogP contribution in [0.1, 0.15) is 28.8 Å². The van der Waals surface area contributed by atoms with Crippen molar-refractivity contribution in [2.45, 2.75) is 13.5 Å². The standard InChI is InChI=1S/C20H18N2O5/c1-13(17-9-7-14(23)11-18(17)24)21-22-20(25)19-10-8-16(27-19)12-26-15-5-3-2-4-6-15/h2-11,23-24H,12H2,1H3,(H,22,25)/b21-13+. The number of benzene rings is 2. The summed E-state index contributed by atoms with van der Waals surface area (Å²) < 4.78 is 11.0. The van der Waals surface area contributed by atoms with E-state index < -0.39 is 5.91 Å². The third-order valence-electron chi connectivity index (χ3n) is 3.71. The number of furan rings is 1. The SMILES string of the molecule is C/C(=N\NC(=O)c1ccc(COc2ccccc2)o1)c1ccc(O)cc1O. The van der Waals surface area contributed by atoms with Gasteiger partial charge in [0.2, 0.25) is 0 Å². The first-order valence-corrected chi connectivity index (χ1v) is 8.16. The molecule has 0 fully saturated rings. The lowest BCUT2D eigenvalue weighted by atomic mass is 10.1. The second kappa shape index (κ2) is 8.09. The molecule has 0 saturated heterocycles. The number of phenols is 2. The van der Waals surface area contributed by atoms with E-state index >= 15 is 0 Å². The molecule has 0 aliphatic rings. The summed E-state index contributed by atoms with van der Waals surface area (Å²) in [5.74, 6) is 0.569. The summed E-state index contributed by atoms with van der Waals surface area (Å²) in [6.45, 7) is 1.81. The van der Waals surface area contributed by atoms with Crippen molar-refractivity contribution in [2.75, 3.05) is 0 Å². The van der Waals surface area contributed by atoms with E-state index in [0.29, 0.717) is 22.8 Å². The molecule has 3 N–H and O–H groups in total. The number of hydrazone groups is 1. The molecule has 3 aromatic rings. The van der Waals surface area contributed by atoms with Gasteiger partial charge in [-0.25, -0.2) is 5.43 Å². The van der Waals surface area contributed by atoms with Gasteiger partial charge < -0.3 is 19.4 Å². The molecule has 0 saturated carbocycles. The predicted molar refractivity (Wildman–Crippen MR) is 98.9 cm³/mol. The summed E-state index contributed by atoms with van der Waals surface area (Å²) >= 11 is 0. The average molecular weight is 366 g/mol. The Hall–Kier alpha value is -3.74. The number of aromatic hydroxyl groups is 2. The van der Waals surface area contributed by atoms with E-state index in [0.717, 1.165) is 0 Å². The number of carbonyl (C=O) groups excluding carboxylic acids is 1. The molecule has 0 radical (unpaired) electrons. The van der Waals surface area contributed by atoms with Gasteiger partial charge in [0.25, 0.3) is 0 Å². The zero-order valence-electron chi connectivity index (χ0n) is 14.5. The Kier molecular flexibility index (Phi) is 5.41. The molecular formula is C20H18N2O5. The number of hydrogen-bond donors (Lipinski definition) is 3. The molecule has 0 aliphatic heterocycles. The fraction of sp³-hybridized carbons (Fsp3) is 0.100. The molecule has 0 bridgehead atoms. The van der Waals surface area contributed by atoms with Gasteiger partial charge in [-0.15, -0.1) is 0 Å². The monoisotopic (exact) mass is 366 g/mol. The fourth-order valence-corrected chi connectivity index (χ4v) is 2.32. The van der Waals surface area contributed by atoms with Gasteiger partial charge in [-0.2, -0.15) is 5.10 Å². The topological polar surface area (TPSA) is 104 Å². The average Bonchev–Trinajstić information content (AvgIpc) is 3.14. The van der Waals surface area contributed by atoms with Crippen molar-refractivity contribution in [3.05, 3.63) is 77.7 Å². The first-order chi connectivity index (χ1) is 13.0. The van der Waals surface area contributed by atoms with E-state index in [2.05, 4.69) is 10.5 Å². The Morgan fingerprint density at radius 3 is 2.63 bits per heavy atom. The second-order valence-corrected chi connectivity index (χ2v) is 5.71. The fourth-order valence-electron chi connectivity index (χ4n) is 2.32. The number of ether oxygens (including phenoxy) is 1. The zero-order valence-corrected chi connectivity index (χ0v) is 14.5. The number of hydrogen-bond acceptors (Lipinski definition) is 6. The van der Waals surface area contributed by atoms with Crippen LogP contribution in [0.3, 0.4) is 0 Å². The lowest BCUT2D eigenvalue weighted by Gasteiger charge is -2.05. The Morgan fingerprint density at radius 1 is 1.11 bits per heavy atom. The number of para-hydroxylation sites is 1. The van der Waals surface area contributed by atoms with Crippen LogP contribution in [-0.2, 0) is 6.61 Å². The van der Waals surface area contributed by atoms with Gasteiger partial charge in [0.15, 0.2) is 5.76 Å². The molecule has 1 heterocycles. The molecule has 7 nitrogen and oxygen atoms in total. The minimum atomic E-state index is -0.529.